The second-order valence-corrected chi connectivity index (χ2v) is 12.8. The molecule has 6 rings (SSSR count). The highest BCUT2D eigenvalue weighted by Crippen LogP contribution is 2.38. The average molecular weight is 650 g/mol. The number of methoxy groups -OCH3 is 1. The van der Waals surface area contributed by atoms with Gasteiger partial charge in [0.2, 0.25) is 0 Å². The number of phenols is 1. The summed E-state index contributed by atoms with van der Waals surface area (Å²) < 4.78 is 72.5. The quantitative estimate of drug-likeness (QED) is 0.131. The normalized spacial score (nSPS) is 12.6. The second kappa shape index (κ2) is 10.9. The summed E-state index contributed by atoms with van der Waals surface area (Å²) in [6.07, 6.45) is 0. The van der Waals surface area contributed by atoms with Gasteiger partial charge >= 0.3 is 0 Å². The van der Waals surface area contributed by atoms with Gasteiger partial charge in [0, 0.05) is 16.2 Å². The third-order valence-corrected chi connectivity index (χ3v) is 8.98. The van der Waals surface area contributed by atoms with E-state index in [1.807, 2.05) is 6.92 Å². The van der Waals surface area contributed by atoms with Crippen molar-refractivity contribution < 1.29 is 40.9 Å². The number of azo groups is 1. The van der Waals surface area contributed by atoms with Gasteiger partial charge in [-0.25, -0.2) is 0 Å². The topological polar surface area (TPSA) is 214 Å². The fourth-order valence-electron chi connectivity index (χ4n) is 4.96. The van der Waals surface area contributed by atoms with Gasteiger partial charge in [-0.3, -0.25) is 9.11 Å². The molecule has 16 heteroatoms. The maximum absolute atomic E-state index is 12.0. The summed E-state index contributed by atoms with van der Waals surface area (Å²) in [5, 5.41) is 38.9. The van der Waals surface area contributed by atoms with Gasteiger partial charge in [-0.15, -0.1) is 20.4 Å². The number of hydrogen-bond acceptors (Lipinski definition) is 11. The Morgan fingerprint density at radius 3 is 2.24 bits per heavy atom. The minimum absolute atomic E-state index is 0.0197. The van der Waals surface area contributed by atoms with Crippen molar-refractivity contribution in [3.63, 3.8) is 0 Å². The Hall–Kier alpha value is -5.00. The van der Waals surface area contributed by atoms with Gasteiger partial charge in [0.15, 0.2) is 5.75 Å². The Morgan fingerprint density at radius 2 is 1.56 bits per heavy atom. The zero-order valence-corrected chi connectivity index (χ0v) is 25.1. The van der Waals surface area contributed by atoms with Crippen molar-refractivity contribution in [2.75, 3.05) is 7.11 Å². The van der Waals surface area contributed by atoms with E-state index in [1.165, 1.54) is 24.0 Å². The number of rotatable bonds is 7. The van der Waals surface area contributed by atoms with Crippen molar-refractivity contribution in [3.05, 3.63) is 77.9 Å². The molecule has 0 unspecified atom stereocenters. The summed E-state index contributed by atoms with van der Waals surface area (Å²) in [6, 6.07) is 16.1. The fraction of sp³-hybridized carbons (Fsp3) is 0.103. The van der Waals surface area contributed by atoms with E-state index in [-0.39, 0.29) is 39.8 Å². The van der Waals surface area contributed by atoms with Crippen LogP contribution in [0.2, 0.25) is 0 Å². The van der Waals surface area contributed by atoms with E-state index < -0.39 is 30.0 Å². The number of aryl methyl sites for hydroxylation is 1. The third kappa shape index (κ3) is 5.45. The van der Waals surface area contributed by atoms with Gasteiger partial charge in [0.25, 0.3) is 20.2 Å². The molecule has 14 nitrogen and oxygen atoms in total. The van der Waals surface area contributed by atoms with E-state index in [0.717, 1.165) is 11.6 Å². The predicted molar refractivity (Wildman–Crippen MR) is 163 cm³/mol. The van der Waals surface area contributed by atoms with Crippen molar-refractivity contribution in [3.8, 4) is 17.2 Å². The lowest BCUT2D eigenvalue weighted by molar-refractivity contribution is 0.281. The molecule has 0 aliphatic rings. The minimum atomic E-state index is -4.87. The molecular weight excluding hydrogens is 626 g/mol. The summed E-state index contributed by atoms with van der Waals surface area (Å²) in [7, 11) is -8.22. The summed E-state index contributed by atoms with van der Waals surface area (Å²) >= 11 is 0. The molecule has 6 aromatic rings. The summed E-state index contributed by atoms with van der Waals surface area (Å²) in [5.74, 6) is 0.310. The fourth-order valence-corrected chi connectivity index (χ4v) is 6.30. The number of aliphatic hydroxyl groups is 1. The Morgan fingerprint density at radius 1 is 0.822 bits per heavy atom. The van der Waals surface area contributed by atoms with Crippen LogP contribution < -0.4 is 4.74 Å². The summed E-state index contributed by atoms with van der Waals surface area (Å²) in [4.78, 5) is -0.217. The van der Waals surface area contributed by atoms with Crippen molar-refractivity contribution in [2.45, 2.75) is 23.3 Å². The second-order valence-electron chi connectivity index (χ2n) is 10.0. The molecule has 45 heavy (non-hydrogen) atoms. The maximum atomic E-state index is 12.0. The molecule has 0 radical (unpaired) electrons. The van der Waals surface area contributed by atoms with Crippen LogP contribution in [0, 0.1) is 6.92 Å². The van der Waals surface area contributed by atoms with E-state index in [4.69, 9.17) is 4.74 Å². The lowest BCUT2D eigenvalue weighted by Crippen LogP contribution is -2.04. The molecule has 0 atom stereocenters. The molecule has 230 valence electrons. The Bertz CT molecular complexity index is 2440. The highest BCUT2D eigenvalue weighted by molar-refractivity contribution is 7.86. The van der Waals surface area contributed by atoms with Gasteiger partial charge in [0.05, 0.1) is 24.3 Å². The molecule has 0 aliphatic heterocycles. The van der Waals surface area contributed by atoms with Gasteiger partial charge in [-0.1, -0.05) is 12.1 Å². The van der Waals surface area contributed by atoms with Crippen LogP contribution in [0.4, 0.5) is 11.4 Å². The van der Waals surface area contributed by atoms with Crippen LogP contribution in [0.25, 0.3) is 38.3 Å². The van der Waals surface area contributed by atoms with E-state index in [0.29, 0.717) is 39.5 Å². The van der Waals surface area contributed by atoms with E-state index in [2.05, 4.69) is 20.4 Å². The number of aromatic nitrogens is 3. The first-order valence-electron chi connectivity index (χ1n) is 13.0. The first-order valence-corrected chi connectivity index (χ1v) is 15.9. The van der Waals surface area contributed by atoms with Gasteiger partial charge < -0.3 is 14.9 Å². The number of aromatic hydroxyl groups is 1. The molecule has 0 saturated heterocycles. The first kappa shape index (κ1) is 30.0. The molecule has 0 bridgehead atoms. The van der Waals surface area contributed by atoms with Crippen LogP contribution in [-0.2, 0) is 26.8 Å². The first-order chi connectivity index (χ1) is 21.3. The zero-order valence-electron chi connectivity index (χ0n) is 23.4. The number of benzene rings is 5. The Balaban J connectivity index is 1.42. The van der Waals surface area contributed by atoms with Crippen LogP contribution >= 0.6 is 0 Å². The Kier molecular flexibility index (Phi) is 7.25. The Labute approximate surface area is 255 Å². The number of phenolic OH excluding ortho intramolecular Hbond substituents is 1. The molecular formula is C29H23N5O9S2. The van der Waals surface area contributed by atoms with Crippen molar-refractivity contribution in [1.82, 2.24) is 15.0 Å². The average Bonchev–Trinajstić information content (AvgIpc) is 3.44. The van der Waals surface area contributed by atoms with Gasteiger partial charge in [-0.05, 0) is 78.0 Å². The number of hydrogen-bond donors (Lipinski definition) is 4. The molecule has 0 spiro atoms. The molecule has 1 heterocycles. The monoisotopic (exact) mass is 649 g/mol. The van der Waals surface area contributed by atoms with Crippen molar-refractivity contribution >= 4 is 64.2 Å². The lowest BCUT2D eigenvalue weighted by Gasteiger charge is -2.09. The van der Waals surface area contributed by atoms with Crippen LogP contribution in [0.1, 0.15) is 11.1 Å². The summed E-state index contributed by atoms with van der Waals surface area (Å²) in [6.45, 7) is 1.65. The molecule has 4 N–H and O–H groups in total. The third-order valence-electron chi connectivity index (χ3n) is 7.25. The summed E-state index contributed by atoms with van der Waals surface area (Å²) in [5.41, 5.74) is 2.87. The van der Waals surface area contributed by atoms with Crippen LogP contribution in [0.15, 0.2) is 86.7 Å². The standard InChI is InChI=1S/C29H23N5O9S2/c1-15-9-26(43-2)25(11-17(15)14-35)31-30-24-7-3-16-10-18(4-5-20(16)29(24)36)34-32-23-8-6-21-22(28(23)33-34)12-19(44(37,38)39)13-27(21)45(40,41)42/h3-13,35-36H,14H2,1-2H3,(H,37,38,39)(H,40,41,42). The lowest BCUT2D eigenvalue weighted by atomic mass is 10.1. The number of aliphatic hydroxyl groups excluding tert-OH is 1. The minimum Gasteiger partial charge on any atom is -0.505 e. The smallest absolute Gasteiger partial charge is 0.295 e. The number of fused-ring (bicyclic) bond motifs is 4. The molecule has 0 aliphatic carbocycles. The molecule has 5 aromatic carbocycles. The highest BCUT2D eigenvalue weighted by Gasteiger charge is 2.23. The van der Waals surface area contributed by atoms with Crippen molar-refractivity contribution in [1.29, 1.82) is 0 Å². The molecule has 0 saturated carbocycles. The zero-order chi connectivity index (χ0) is 32.3. The SMILES string of the molecule is COc1cc(C)c(CO)cc1N=Nc1ccc2cc(-n3nc4ccc5c(S(=O)(=O)O)cc(S(=O)(=O)O)cc5c4n3)ccc2c1O. The molecule has 0 amide bonds. The van der Waals surface area contributed by atoms with Crippen molar-refractivity contribution in [2.24, 2.45) is 10.2 Å². The largest absolute Gasteiger partial charge is 0.505 e. The van der Waals surface area contributed by atoms with Crippen LogP contribution in [-0.4, -0.2) is 58.3 Å². The van der Waals surface area contributed by atoms with Gasteiger partial charge in [0.1, 0.15) is 33.1 Å². The highest BCUT2D eigenvalue weighted by atomic mass is 32.2. The molecule has 1 aromatic heterocycles. The van der Waals surface area contributed by atoms with E-state index in [9.17, 15) is 36.2 Å². The van der Waals surface area contributed by atoms with Crippen LogP contribution in [0.3, 0.4) is 0 Å². The van der Waals surface area contributed by atoms with Crippen LogP contribution in [0.5, 0.6) is 11.5 Å². The van der Waals surface area contributed by atoms with Gasteiger partial charge in [-0.2, -0.15) is 21.6 Å². The maximum Gasteiger partial charge on any atom is 0.295 e. The number of ether oxygens (including phenoxy) is 1. The van der Waals surface area contributed by atoms with E-state index >= 15 is 0 Å². The number of nitrogens with zero attached hydrogens (tertiary/aromatic N) is 5. The van der Waals surface area contributed by atoms with E-state index in [1.54, 1.807) is 42.5 Å². The predicted octanol–water partition coefficient (Wildman–Crippen LogP) is 5.15. The molecule has 0 fully saturated rings.